The van der Waals surface area contributed by atoms with Gasteiger partial charge in [-0.3, -0.25) is 19.4 Å². The van der Waals surface area contributed by atoms with Crippen LogP contribution in [0.25, 0.3) is 11.1 Å². The lowest BCUT2D eigenvalue weighted by Gasteiger charge is -2.40. The second kappa shape index (κ2) is 9.43. The number of carbonyl (C=O) groups is 3. The van der Waals surface area contributed by atoms with Gasteiger partial charge in [0.25, 0.3) is 5.91 Å². The Hall–Kier alpha value is -3.84. The van der Waals surface area contributed by atoms with Crippen LogP contribution >= 0.6 is 0 Å². The molecule has 2 saturated heterocycles. The molecule has 2 fully saturated rings. The fourth-order valence-corrected chi connectivity index (χ4v) is 4.97. The maximum Gasteiger partial charge on any atom is 0.254 e. The summed E-state index contributed by atoms with van der Waals surface area (Å²) in [4.78, 5) is 46.1. The van der Waals surface area contributed by atoms with Gasteiger partial charge in [-0.2, -0.15) is 0 Å². The van der Waals surface area contributed by atoms with Crippen molar-refractivity contribution >= 4 is 17.6 Å². The minimum absolute atomic E-state index is 0.0256. The first-order valence-electron chi connectivity index (χ1n) is 11.8. The molecule has 2 aliphatic heterocycles. The van der Waals surface area contributed by atoms with Gasteiger partial charge < -0.3 is 14.9 Å². The van der Waals surface area contributed by atoms with Crippen LogP contribution < -0.4 is 0 Å². The average Bonchev–Trinajstić information content (AvgIpc) is 3.31. The fourth-order valence-electron chi connectivity index (χ4n) is 4.97. The molecule has 7 heteroatoms. The van der Waals surface area contributed by atoms with E-state index in [9.17, 15) is 19.5 Å². The summed E-state index contributed by atoms with van der Waals surface area (Å²) in [5.74, 6) is -0.683. The second-order valence-electron chi connectivity index (χ2n) is 9.23. The molecule has 3 aromatic rings. The summed E-state index contributed by atoms with van der Waals surface area (Å²) in [5, 5.41) is 11.1. The van der Waals surface area contributed by atoms with Gasteiger partial charge in [-0.25, -0.2) is 0 Å². The van der Waals surface area contributed by atoms with E-state index in [0.717, 1.165) is 16.7 Å². The summed E-state index contributed by atoms with van der Waals surface area (Å²) in [6, 6.07) is 19.6. The van der Waals surface area contributed by atoms with Crippen molar-refractivity contribution in [3.63, 3.8) is 0 Å². The van der Waals surface area contributed by atoms with E-state index >= 15 is 0 Å². The van der Waals surface area contributed by atoms with Gasteiger partial charge >= 0.3 is 0 Å². The zero-order valence-corrected chi connectivity index (χ0v) is 19.3. The third-order valence-electron chi connectivity index (χ3n) is 7.03. The predicted octanol–water partition coefficient (Wildman–Crippen LogP) is 3.04. The lowest BCUT2D eigenvalue weighted by molar-refractivity contribution is -0.140. The van der Waals surface area contributed by atoms with Gasteiger partial charge in [0.2, 0.25) is 5.91 Å². The molecule has 5 rings (SSSR count). The molecule has 0 bridgehead atoms. The summed E-state index contributed by atoms with van der Waals surface area (Å²) in [5.41, 5.74) is 2.17. The van der Waals surface area contributed by atoms with Crippen LogP contribution in [0, 0.1) is 0 Å². The number of amides is 2. The Kier molecular flexibility index (Phi) is 6.17. The molecule has 1 atom stereocenters. The quantitative estimate of drug-likeness (QED) is 0.634. The van der Waals surface area contributed by atoms with Crippen molar-refractivity contribution in [2.75, 3.05) is 19.6 Å². The number of benzene rings is 2. The van der Waals surface area contributed by atoms with Gasteiger partial charge in [-0.05, 0) is 47.7 Å². The van der Waals surface area contributed by atoms with E-state index in [-0.39, 0.29) is 30.6 Å². The highest BCUT2D eigenvalue weighted by Gasteiger charge is 2.43. The third kappa shape index (κ3) is 4.59. The normalized spacial score (nSPS) is 19.6. The number of hydrogen-bond donors (Lipinski definition) is 1. The number of piperidine rings is 1. The highest BCUT2D eigenvalue weighted by molar-refractivity contribution is 6.04. The van der Waals surface area contributed by atoms with Gasteiger partial charge in [-0.1, -0.05) is 48.5 Å². The first-order valence-corrected chi connectivity index (χ1v) is 11.8. The molecular weight excluding hydrogens is 442 g/mol. The molecular formula is C28H27N3O4. The van der Waals surface area contributed by atoms with Crippen molar-refractivity contribution in [1.29, 1.82) is 0 Å². The van der Waals surface area contributed by atoms with Crippen molar-refractivity contribution in [3.8, 4) is 11.1 Å². The fraction of sp³-hybridized carbons (Fsp3) is 0.286. The molecule has 1 unspecified atom stereocenters. The van der Waals surface area contributed by atoms with E-state index in [0.29, 0.717) is 31.5 Å². The predicted molar refractivity (Wildman–Crippen MR) is 130 cm³/mol. The number of carbonyl (C=O) groups excluding carboxylic acids is 3. The van der Waals surface area contributed by atoms with Crippen LogP contribution in [0.5, 0.6) is 0 Å². The second-order valence-corrected chi connectivity index (χ2v) is 9.23. The van der Waals surface area contributed by atoms with Crippen LogP contribution in [0.15, 0.2) is 79.1 Å². The highest BCUT2D eigenvalue weighted by Crippen LogP contribution is 2.33. The van der Waals surface area contributed by atoms with Gasteiger partial charge in [0.05, 0.1) is 12.1 Å². The summed E-state index contributed by atoms with van der Waals surface area (Å²) in [6.45, 7) is 0.675. The maximum atomic E-state index is 13.4. The van der Waals surface area contributed by atoms with Crippen molar-refractivity contribution in [2.45, 2.75) is 30.9 Å². The molecule has 2 aromatic carbocycles. The maximum absolute atomic E-state index is 13.4. The summed E-state index contributed by atoms with van der Waals surface area (Å²) in [7, 11) is 0. The van der Waals surface area contributed by atoms with Crippen LogP contribution in [-0.4, -0.2) is 63.2 Å². The Morgan fingerprint density at radius 2 is 1.63 bits per heavy atom. The van der Waals surface area contributed by atoms with E-state index in [1.165, 1.54) is 4.90 Å². The molecule has 2 aliphatic rings. The lowest BCUT2D eigenvalue weighted by atomic mass is 9.84. The van der Waals surface area contributed by atoms with Crippen molar-refractivity contribution in [3.05, 3.63) is 90.3 Å². The standard InChI is InChI=1S/C28H27N3O4/c32-24-17-25(27(34)30-15-12-28(35,13-16-30)23-6-2-1-3-7-23)31(19-24)26(33)21-10-8-20(9-11-21)22-5-4-14-29-18-22/h1-11,14,18,25,35H,12-13,15-17,19H2. The lowest BCUT2D eigenvalue weighted by Crippen LogP contribution is -2.52. The molecule has 0 aliphatic carbocycles. The Labute approximate surface area is 204 Å². The Morgan fingerprint density at radius 3 is 2.29 bits per heavy atom. The smallest absolute Gasteiger partial charge is 0.254 e. The number of aromatic nitrogens is 1. The number of rotatable bonds is 4. The van der Waals surface area contributed by atoms with Crippen LogP contribution in [-0.2, 0) is 15.2 Å². The van der Waals surface area contributed by atoms with Crippen molar-refractivity contribution in [1.82, 2.24) is 14.8 Å². The summed E-state index contributed by atoms with van der Waals surface area (Å²) >= 11 is 0. The molecule has 0 radical (unpaired) electrons. The van der Waals surface area contributed by atoms with Crippen molar-refractivity contribution in [2.24, 2.45) is 0 Å². The van der Waals surface area contributed by atoms with E-state index < -0.39 is 11.6 Å². The monoisotopic (exact) mass is 469 g/mol. The van der Waals surface area contributed by atoms with Gasteiger partial charge in [0, 0.05) is 37.5 Å². The number of ketones is 1. The van der Waals surface area contributed by atoms with Crippen LogP contribution in [0.4, 0.5) is 0 Å². The molecule has 35 heavy (non-hydrogen) atoms. The molecule has 1 aromatic heterocycles. The van der Waals surface area contributed by atoms with Gasteiger partial charge in [0.1, 0.15) is 6.04 Å². The topological polar surface area (TPSA) is 90.8 Å². The summed E-state index contributed by atoms with van der Waals surface area (Å²) in [6.07, 6.45) is 4.30. The molecule has 2 amide bonds. The van der Waals surface area contributed by atoms with E-state index in [4.69, 9.17) is 0 Å². The van der Waals surface area contributed by atoms with Crippen LogP contribution in [0.1, 0.15) is 35.2 Å². The minimum atomic E-state index is -0.977. The highest BCUT2D eigenvalue weighted by atomic mass is 16.3. The van der Waals surface area contributed by atoms with E-state index in [2.05, 4.69) is 4.98 Å². The SMILES string of the molecule is O=C1CC(C(=O)N2CCC(O)(c3ccccc3)CC2)N(C(=O)c2ccc(-c3cccnc3)cc2)C1. The number of hydrogen-bond acceptors (Lipinski definition) is 5. The van der Waals surface area contributed by atoms with E-state index in [1.807, 2.05) is 54.6 Å². The molecule has 0 spiro atoms. The Morgan fingerprint density at radius 1 is 0.914 bits per heavy atom. The van der Waals surface area contributed by atoms with Gasteiger partial charge in [0.15, 0.2) is 5.78 Å². The van der Waals surface area contributed by atoms with Gasteiger partial charge in [-0.15, -0.1) is 0 Å². The average molecular weight is 470 g/mol. The number of pyridine rings is 1. The molecule has 7 nitrogen and oxygen atoms in total. The third-order valence-corrected chi connectivity index (χ3v) is 7.03. The van der Waals surface area contributed by atoms with E-state index in [1.54, 1.807) is 29.4 Å². The largest absolute Gasteiger partial charge is 0.385 e. The molecule has 3 heterocycles. The minimum Gasteiger partial charge on any atom is -0.385 e. The van der Waals surface area contributed by atoms with Crippen LogP contribution in [0.3, 0.4) is 0 Å². The summed E-state index contributed by atoms with van der Waals surface area (Å²) < 4.78 is 0. The number of aliphatic hydroxyl groups is 1. The number of likely N-dealkylation sites (tertiary alicyclic amines) is 2. The first-order chi connectivity index (χ1) is 16.9. The number of Topliss-reactive ketones (excluding diaryl/α,β-unsaturated/α-hetero) is 1. The van der Waals surface area contributed by atoms with Crippen molar-refractivity contribution < 1.29 is 19.5 Å². The van der Waals surface area contributed by atoms with Crippen LogP contribution in [0.2, 0.25) is 0 Å². The molecule has 1 N–H and O–H groups in total. The zero-order valence-electron chi connectivity index (χ0n) is 19.3. The first kappa shape index (κ1) is 22.9. The Bertz CT molecular complexity index is 1220. The molecule has 178 valence electrons. The molecule has 0 saturated carbocycles. The zero-order chi connectivity index (χ0) is 24.4. The Balaban J connectivity index is 1.28. The number of nitrogens with zero attached hydrogens (tertiary/aromatic N) is 3.